The van der Waals surface area contributed by atoms with Crippen LogP contribution in [0.4, 0.5) is 0 Å². The molecule has 1 aliphatic rings. The molecule has 1 saturated carbocycles. The standard InChI is InChI=1S/C12H20N2O3S2/c1-18-11-5-2-9(3-6-11)14-8-10-4-7-12(17-10)19(13,15)16/h4,7,9,11,14H,2-3,5-6,8H2,1H3,(H2,13,15,16). The van der Waals surface area contributed by atoms with E-state index in [2.05, 4.69) is 11.6 Å². The highest BCUT2D eigenvalue weighted by atomic mass is 32.2. The predicted octanol–water partition coefficient (Wildman–Crippen LogP) is 1.69. The first kappa shape index (κ1) is 14.9. The third kappa shape index (κ3) is 4.24. The summed E-state index contributed by atoms with van der Waals surface area (Å²) < 4.78 is 27.4. The van der Waals surface area contributed by atoms with Crippen LogP contribution in [-0.2, 0) is 16.6 Å². The lowest BCUT2D eigenvalue weighted by atomic mass is 9.95. The SMILES string of the molecule is CSC1CCC(NCc2ccc(S(N)(=O)=O)o2)CC1. The molecular weight excluding hydrogens is 284 g/mol. The summed E-state index contributed by atoms with van der Waals surface area (Å²) in [7, 11) is -3.73. The largest absolute Gasteiger partial charge is 0.447 e. The van der Waals surface area contributed by atoms with Crippen LogP contribution in [0.3, 0.4) is 0 Å². The summed E-state index contributed by atoms with van der Waals surface area (Å²) in [5, 5.41) is 9.02. The minimum Gasteiger partial charge on any atom is -0.447 e. The zero-order valence-electron chi connectivity index (χ0n) is 11.0. The Morgan fingerprint density at radius 1 is 1.37 bits per heavy atom. The summed E-state index contributed by atoms with van der Waals surface area (Å²) in [6.07, 6.45) is 6.96. The number of rotatable bonds is 5. The third-order valence-corrected chi connectivity index (χ3v) is 5.41. The maximum absolute atomic E-state index is 11.1. The van der Waals surface area contributed by atoms with Crippen LogP contribution in [0, 0.1) is 0 Å². The number of nitrogens with two attached hydrogens (primary N) is 1. The number of hydrogen-bond acceptors (Lipinski definition) is 5. The highest BCUT2D eigenvalue weighted by Gasteiger charge is 2.20. The van der Waals surface area contributed by atoms with Gasteiger partial charge in [-0.25, -0.2) is 13.6 Å². The summed E-state index contributed by atoms with van der Waals surface area (Å²) in [6, 6.07) is 3.54. The van der Waals surface area contributed by atoms with Gasteiger partial charge in [0.15, 0.2) is 0 Å². The van der Waals surface area contributed by atoms with Crippen molar-refractivity contribution < 1.29 is 12.8 Å². The Morgan fingerprint density at radius 3 is 2.58 bits per heavy atom. The molecule has 0 atom stereocenters. The molecule has 1 aliphatic carbocycles. The van der Waals surface area contributed by atoms with Crippen molar-refractivity contribution in [2.45, 2.75) is 48.6 Å². The Bertz CT molecular complexity index is 505. The van der Waals surface area contributed by atoms with E-state index in [1.54, 1.807) is 6.07 Å². The molecule has 0 spiro atoms. The zero-order chi connectivity index (χ0) is 13.9. The predicted molar refractivity (Wildman–Crippen MR) is 76.5 cm³/mol. The van der Waals surface area contributed by atoms with Crippen molar-refractivity contribution in [1.29, 1.82) is 0 Å². The lowest BCUT2D eigenvalue weighted by molar-refractivity contribution is 0.347. The molecule has 0 amide bonds. The lowest BCUT2D eigenvalue weighted by Crippen LogP contribution is -2.33. The van der Waals surface area contributed by atoms with Crippen molar-refractivity contribution in [3.63, 3.8) is 0 Å². The van der Waals surface area contributed by atoms with Crippen LogP contribution in [0.5, 0.6) is 0 Å². The van der Waals surface area contributed by atoms with Crippen LogP contribution in [0.2, 0.25) is 0 Å². The maximum Gasteiger partial charge on any atom is 0.271 e. The molecule has 0 aliphatic heterocycles. The van der Waals surface area contributed by atoms with Crippen molar-refractivity contribution in [2.24, 2.45) is 5.14 Å². The molecule has 1 aromatic rings. The van der Waals surface area contributed by atoms with E-state index in [0.29, 0.717) is 18.3 Å². The highest BCUT2D eigenvalue weighted by molar-refractivity contribution is 7.99. The Morgan fingerprint density at radius 2 is 2.05 bits per heavy atom. The number of hydrogen-bond donors (Lipinski definition) is 2. The van der Waals surface area contributed by atoms with Crippen LogP contribution in [-0.4, -0.2) is 26.0 Å². The van der Waals surface area contributed by atoms with E-state index in [-0.39, 0.29) is 5.09 Å². The van der Waals surface area contributed by atoms with Crippen molar-refractivity contribution in [3.05, 3.63) is 17.9 Å². The average Bonchev–Trinajstić information content (AvgIpc) is 2.86. The van der Waals surface area contributed by atoms with Gasteiger partial charge in [-0.2, -0.15) is 11.8 Å². The smallest absolute Gasteiger partial charge is 0.271 e. The number of primary sulfonamides is 1. The number of nitrogens with one attached hydrogen (secondary N) is 1. The average molecular weight is 304 g/mol. The Labute approximate surface area is 118 Å². The van der Waals surface area contributed by atoms with Crippen molar-refractivity contribution in [3.8, 4) is 0 Å². The molecule has 1 aromatic heterocycles. The molecule has 0 bridgehead atoms. The third-order valence-electron chi connectivity index (χ3n) is 3.49. The molecule has 108 valence electrons. The van der Waals surface area contributed by atoms with Crippen molar-refractivity contribution in [1.82, 2.24) is 5.32 Å². The van der Waals surface area contributed by atoms with E-state index in [0.717, 1.165) is 18.1 Å². The monoisotopic (exact) mass is 304 g/mol. The van der Waals surface area contributed by atoms with Gasteiger partial charge >= 0.3 is 0 Å². The second-order valence-electron chi connectivity index (χ2n) is 4.86. The quantitative estimate of drug-likeness (QED) is 0.864. The molecule has 0 aromatic carbocycles. The van der Waals surface area contributed by atoms with Crippen LogP contribution in [0.25, 0.3) is 0 Å². The number of thioether (sulfide) groups is 1. The molecule has 7 heteroatoms. The molecule has 1 heterocycles. The fraction of sp³-hybridized carbons (Fsp3) is 0.667. The van der Waals surface area contributed by atoms with Gasteiger partial charge in [0.05, 0.1) is 6.54 Å². The van der Waals surface area contributed by atoms with Crippen LogP contribution >= 0.6 is 11.8 Å². The van der Waals surface area contributed by atoms with Crippen molar-refractivity contribution in [2.75, 3.05) is 6.26 Å². The van der Waals surface area contributed by atoms with Crippen LogP contribution < -0.4 is 10.5 Å². The Balaban J connectivity index is 1.82. The Hall–Kier alpha value is -0.500. The first-order chi connectivity index (χ1) is 8.99. The van der Waals surface area contributed by atoms with E-state index in [1.165, 1.54) is 18.9 Å². The minimum absolute atomic E-state index is 0.171. The fourth-order valence-electron chi connectivity index (χ4n) is 2.35. The van der Waals surface area contributed by atoms with Gasteiger partial charge in [0.1, 0.15) is 5.76 Å². The van der Waals surface area contributed by atoms with E-state index in [4.69, 9.17) is 9.56 Å². The van der Waals surface area contributed by atoms with Crippen molar-refractivity contribution >= 4 is 21.8 Å². The molecule has 19 heavy (non-hydrogen) atoms. The Kier molecular flexibility index (Phi) is 4.94. The van der Waals surface area contributed by atoms with Gasteiger partial charge in [-0.05, 0) is 44.1 Å². The van der Waals surface area contributed by atoms with Gasteiger partial charge in [0.25, 0.3) is 10.0 Å². The van der Waals surface area contributed by atoms with Gasteiger partial charge < -0.3 is 9.73 Å². The van der Waals surface area contributed by atoms with E-state index < -0.39 is 10.0 Å². The lowest BCUT2D eigenvalue weighted by Gasteiger charge is -2.27. The summed E-state index contributed by atoms with van der Waals surface area (Å²) in [5.74, 6) is 0.607. The molecule has 0 unspecified atom stereocenters. The van der Waals surface area contributed by atoms with E-state index >= 15 is 0 Å². The first-order valence-electron chi connectivity index (χ1n) is 6.36. The molecule has 5 nitrogen and oxygen atoms in total. The molecule has 0 radical (unpaired) electrons. The minimum atomic E-state index is -3.73. The topological polar surface area (TPSA) is 85.3 Å². The van der Waals surface area contributed by atoms with Gasteiger partial charge in [-0.1, -0.05) is 0 Å². The molecular formula is C12H20N2O3S2. The number of sulfonamides is 1. The summed E-state index contributed by atoms with van der Waals surface area (Å²) >= 11 is 1.94. The molecule has 3 N–H and O–H groups in total. The fourth-order valence-corrected chi connectivity index (χ4v) is 3.58. The number of furan rings is 1. The zero-order valence-corrected chi connectivity index (χ0v) is 12.6. The van der Waals surface area contributed by atoms with Gasteiger partial charge in [-0.15, -0.1) is 0 Å². The molecule has 0 saturated heterocycles. The maximum atomic E-state index is 11.1. The van der Waals surface area contributed by atoms with Gasteiger partial charge in [0.2, 0.25) is 5.09 Å². The first-order valence-corrected chi connectivity index (χ1v) is 9.20. The summed E-state index contributed by atoms with van der Waals surface area (Å²) in [5.41, 5.74) is 0. The van der Waals surface area contributed by atoms with E-state index in [9.17, 15) is 8.42 Å². The van der Waals surface area contributed by atoms with Crippen LogP contribution in [0.1, 0.15) is 31.4 Å². The second-order valence-corrected chi connectivity index (χ2v) is 7.49. The summed E-state index contributed by atoms with van der Waals surface area (Å²) in [4.78, 5) is 0. The van der Waals surface area contributed by atoms with Gasteiger partial charge in [0, 0.05) is 11.3 Å². The normalized spacial score (nSPS) is 24.5. The van der Waals surface area contributed by atoms with Gasteiger partial charge in [-0.3, -0.25) is 0 Å². The molecule has 1 fully saturated rings. The highest BCUT2D eigenvalue weighted by Crippen LogP contribution is 2.27. The van der Waals surface area contributed by atoms with Crippen LogP contribution in [0.15, 0.2) is 21.6 Å². The summed E-state index contributed by atoms with van der Waals surface area (Å²) in [6.45, 7) is 0.546. The second kappa shape index (κ2) is 6.30. The van der Waals surface area contributed by atoms with E-state index in [1.807, 2.05) is 11.8 Å². The molecule has 2 rings (SSSR count).